The number of thioether (sulfide) groups is 1. The summed E-state index contributed by atoms with van der Waals surface area (Å²) in [6, 6.07) is 0. The average molecular weight is 262 g/mol. The monoisotopic (exact) mass is 261 g/mol. The first-order valence-electron chi connectivity index (χ1n) is 7.33. The third kappa shape index (κ3) is 31.4. The van der Waals surface area contributed by atoms with Crippen LogP contribution in [0.1, 0.15) is 65.2 Å². The van der Waals surface area contributed by atoms with E-state index in [4.69, 9.17) is 0 Å². The summed E-state index contributed by atoms with van der Waals surface area (Å²) < 4.78 is 0. The van der Waals surface area contributed by atoms with Gasteiger partial charge in [-0.2, -0.15) is 11.8 Å². The van der Waals surface area contributed by atoms with Gasteiger partial charge < -0.3 is 4.90 Å². The van der Waals surface area contributed by atoms with E-state index in [-0.39, 0.29) is 0 Å². The number of unbranched alkanes of at least 4 members (excludes halogenated alkanes) is 6. The van der Waals surface area contributed by atoms with E-state index >= 15 is 0 Å². The van der Waals surface area contributed by atoms with Gasteiger partial charge in [0.15, 0.2) is 0 Å². The van der Waals surface area contributed by atoms with E-state index < -0.39 is 0 Å². The molecular weight excluding hydrogens is 226 g/mol. The molecule has 2 heteroatoms. The quantitative estimate of drug-likeness (QED) is 0.506. The van der Waals surface area contributed by atoms with Crippen molar-refractivity contribution in [3.8, 4) is 0 Å². The highest BCUT2D eigenvalue weighted by Gasteiger charge is 1.90. The van der Waals surface area contributed by atoms with Gasteiger partial charge >= 0.3 is 0 Å². The second-order valence-electron chi connectivity index (χ2n) is 5.08. The smallest absolute Gasteiger partial charge is 0.00675 e. The molecule has 0 saturated carbocycles. The summed E-state index contributed by atoms with van der Waals surface area (Å²) in [5.41, 5.74) is 0. The van der Waals surface area contributed by atoms with Crippen molar-refractivity contribution >= 4 is 11.8 Å². The highest BCUT2D eigenvalue weighted by Crippen LogP contribution is 2.10. The first-order chi connectivity index (χ1) is 8.15. The first kappa shape index (κ1) is 19.6. The summed E-state index contributed by atoms with van der Waals surface area (Å²) in [5.74, 6) is 2.79. The molecule has 0 bridgehead atoms. The van der Waals surface area contributed by atoms with E-state index in [1.807, 2.05) is 26.0 Å². The Bertz CT molecular complexity index is 103. The van der Waals surface area contributed by atoms with E-state index in [2.05, 4.69) is 25.6 Å². The second kappa shape index (κ2) is 18.7. The highest BCUT2D eigenvalue weighted by atomic mass is 32.2. The maximum absolute atomic E-state index is 2.28. The molecule has 0 aromatic heterocycles. The van der Waals surface area contributed by atoms with Gasteiger partial charge in [0.05, 0.1) is 0 Å². The predicted molar refractivity (Wildman–Crippen MR) is 85.2 cm³/mol. The standard InChI is InChI=1S/C12H26S.C3H9N/c1-3-5-7-9-11-13-12-10-8-6-4-2;1-4(2)3/h3-12H2,1-2H3;1-3H3. The van der Waals surface area contributed by atoms with Crippen LogP contribution in [-0.4, -0.2) is 37.5 Å². The van der Waals surface area contributed by atoms with Crippen LogP contribution >= 0.6 is 11.8 Å². The Morgan fingerprint density at radius 2 is 1.00 bits per heavy atom. The van der Waals surface area contributed by atoms with Crippen LogP contribution in [-0.2, 0) is 0 Å². The minimum atomic E-state index is 1.36. The highest BCUT2D eigenvalue weighted by molar-refractivity contribution is 7.99. The average Bonchev–Trinajstić information content (AvgIpc) is 2.26. The van der Waals surface area contributed by atoms with Crippen molar-refractivity contribution in [2.24, 2.45) is 0 Å². The van der Waals surface area contributed by atoms with Crippen LogP contribution in [0, 0.1) is 0 Å². The summed E-state index contributed by atoms with van der Waals surface area (Å²) in [5, 5.41) is 0. The molecule has 0 spiro atoms. The van der Waals surface area contributed by atoms with Gasteiger partial charge in [-0.05, 0) is 45.5 Å². The summed E-state index contributed by atoms with van der Waals surface area (Å²) in [6.07, 6.45) is 11.3. The van der Waals surface area contributed by atoms with Crippen LogP contribution in [0.4, 0.5) is 0 Å². The van der Waals surface area contributed by atoms with Crippen molar-refractivity contribution < 1.29 is 0 Å². The van der Waals surface area contributed by atoms with Gasteiger partial charge in [-0.1, -0.05) is 52.4 Å². The maximum Gasteiger partial charge on any atom is -0.00675 e. The number of hydrogen-bond acceptors (Lipinski definition) is 2. The van der Waals surface area contributed by atoms with Gasteiger partial charge in [0.25, 0.3) is 0 Å². The van der Waals surface area contributed by atoms with Crippen LogP contribution < -0.4 is 0 Å². The molecule has 0 heterocycles. The molecule has 106 valence electrons. The zero-order valence-electron chi connectivity index (χ0n) is 12.9. The third-order valence-electron chi connectivity index (χ3n) is 2.28. The summed E-state index contributed by atoms with van der Waals surface area (Å²) in [4.78, 5) is 2.00. The summed E-state index contributed by atoms with van der Waals surface area (Å²) >= 11 is 2.15. The van der Waals surface area contributed by atoms with Crippen LogP contribution in [0.2, 0.25) is 0 Å². The lowest BCUT2D eigenvalue weighted by Crippen LogP contribution is -1.99. The second-order valence-corrected chi connectivity index (χ2v) is 6.30. The van der Waals surface area contributed by atoms with Gasteiger partial charge in [-0.3, -0.25) is 0 Å². The molecule has 0 radical (unpaired) electrons. The Morgan fingerprint density at radius 3 is 1.29 bits per heavy atom. The Hall–Kier alpha value is 0.310. The van der Waals surface area contributed by atoms with Gasteiger partial charge in [0.2, 0.25) is 0 Å². The molecule has 0 unspecified atom stereocenters. The molecule has 0 aromatic rings. The van der Waals surface area contributed by atoms with Crippen LogP contribution in [0.5, 0.6) is 0 Å². The van der Waals surface area contributed by atoms with Crippen LogP contribution in [0.25, 0.3) is 0 Å². The first-order valence-corrected chi connectivity index (χ1v) is 8.49. The topological polar surface area (TPSA) is 3.24 Å². The van der Waals surface area contributed by atoms with E-state index in [0.717, 1.165) is 0 Å². The van der Waals surface area contributed by atoms with E-state index in [1.54, 1.807) is 0 Å². The lowest BCUT2D eigenvalue weighted by atomic mass is 10.2. The lowest BCUT2D eigenvalue weighted by molar-refractivity contribution is 0.505. The van der Waals surface area contributed by atoms with Crippen molar-refractivity contribution in [2.75, 3.05) is 32.6 Å². The Kier molecular flexibility index (Phi) is 21.6. The largest absolute Gasteiger partial charge is 0.312 e. The van der Waals surface area contributed by atoms with E-state index in [9.17, 15) is 0 Å². The molecule has 0 rings (SSSR count). The van der Waals surface area contributed by atoms with Crippen molar-refractivity contribution in [1.29, 1.82) is 0 Å². The molecule has 0 amide bonds. The minimum Gasteiger partial charge on any atom is -0.312 e. The SMILES string of the molecule is CCCCCCSCCCCCC.CN(C)C. The van der Waals surface area contributed by atoms with Crippen molar-refractivity contribution in [1.82, 2.24) is 4.90 Å². The van der Waals surface area contributed by atoms with Crippen molar-refractivity contribution in [3.63, 3.8) is 0 Å². The Labute approximate surface area is 115 Å². The zero-order chi connectivity index (χ0) is 13.4. The normalized spacial score (nSPS) is 10.2. The molecule has 0 aromatic carbocycles. The number of hydrogen-bond donors (Lipinski definition) is 0. The van der Waals surface area contributed by atoms with Gasteiger partial charge in [-0.25, -0.2) is 0 Å². The molecule has 0 atom stereocenters. The van der Waals surface area contributed by atoms with E-state index in [0.29, 0.717) is 0 Å². The van der Waals surface area contributed by atoms with Crippen LogP contribution in [0.3, 0.4) is 0 Å². The Morgan fingerprint density at radius 1 is 0.647 bits per heavy atom. The fraction of sp³-hybridized carbons (Fsp3) is 1.00. The predicted octanol–water partition coefficient (Wildman–Crippen LogP) is 5.06. The molecule has 0 saturated heterocycles. The molecule has 0 fully saturated rings. The van der Waals surface area contributed by atoms with Crippen LogP contribution in [0.15, 0.2) is 0 Å². The minimum absolute atomic E-state index is 1.36. The molecule has 1 nitrogen and oxygen atoms in total. The third-order valence-corrected chi connectivity index (χ3v) is 3.44. The summed E-state index contributed by atoms with van der Waals surface area (Å²) in [6.45, 7) is 4.55. The fourth-order valence-corrected chi connectivity index (χ4v) is 2.38. The van der Waals surface area contributed by atoms with Crippen molar-refractivity contribution in [3.05, 3.63) is 0 Å². The maximum atomic E-state index is 2.28. The molecule has 0 aliphatic heterocycles. The molecule has 0 N–H and O–H groups in total. The fourth-order valence-electron chi connectivity index (χ4n) is 1.36. The number of rotatable bonds is 10. The zero-order valence-corrected chi connectivity index (χ0v) is 13.7. The van der Waals surface area contributed by atoms with Crippen molar-refractivity contribution in [2.45, 2.75) is 65.2 Å². The van der Waals surface area contributed by atoms with E-state index in [1.165, 1.54) is 62.9 Å². The molecular formula is C15H35NS. The summed E-state index contributed by atoms with van der Waals surface area (Å²) in [7, 11) is 6.00. The molecule has 0 aliphatic carbocycles. The molecule has 0 aliphatic rings. The van der Waals surface area contributed by atoms with Gasteiger partial charge in [-0.15, -0.1) is 0 Å². The van der Waals surface area contributed by atoms with Gasteiger partial charge in [0.1, 0.15) is 0 Å². The molecule has 17 heavy (non-hydrogen) atoms. The number of nitrogens with zero attached hydrogens (tertiary/aromatic N) is 1. The lowest BCUT2D eigenvalue weighted by Gasteiger charge is -2.00. The van der Waals surface area contributed by atoms with Gasteiger partial charge in [0, 0.05) is 0 Å². The Balaban J connectivity index is 0.